The topological polar surface area (TPSA) is 87.5 Å². The van der Waals surface area contributed by atoms with Gasteiger partial charge >= 0.3 is 0 Å². The van der Waals surface area contributed by atoms with Gasteiger partial charge in [-0.3, -0.25) is 9.59 Å². The number of nitrogens with zero attached hydrogens (tertiary/aromatic N) is 1. The number of aryl methyl sites for hydroxylation is 2. The summed E-state index contributed by atoms with van der Waals surface area (Å²) < 4.78 is 24.4. The van der Waals surface area contributed by atoms with Crippen molar-refractivity contribution in [1.82, 2.24) is 15.5 Å². The minimum absolute atomic E-state index is 0.0188. The van der Waals surface area contributed by atoms with Crippen LogP contribution >= 0.6 is 0 Å². The molecule has 0 aromatic heterocycles. The normalized spacial score (nSPS) is 12.2. The third-order valence-corrected chi connectivity index (χ3v) is 6.91. The van der Waals surface area contributed by atoms with Gasteiger partial charge in [0.15, 0.2) is 0 Å². The largest absolute Gasteiger partial charge is 0.339 e. The van der Waals surface area contributed by atoms with Gasteiger partial charge in [0.25, 0.3) is 11.8 Å². The molecule has 8 heteroatoms. The van der Waals surface area contributed by atoms with Crippen LogP contribution in [0.2, 0.25) is 0 Å². The molecule has 0 aliphatic rings. The number of carbonyl (C=O) groups is 2. The van der Waals surface area contributed by atoms with Crippen LogP contribution in [0.5, 0.6) is 0 Å². The first-order chi connectivity index (χ1) is 20.0. The van der Waals surface area contributed by atoms with E-state index in [1.54, 1.807) is 13.0 Å². The fourth-order valence-corrected chi connectivity index (χ4v) is 4.90. The van der Waals surface area contributed by atoms with Crippen LogP contribution in [0.4, 0.5) is 8.78 Å². The summed E-state index contributed by atoms with van der Waals surface area (Å²) in [7, 11) is 0. The van der Waals surface area contributed by atoms with Gasteiger partial charge in [-0.1, -0.05) is 47.0 Å². The highest BCUT2D eigenvalue weighted by atomic mass is 19.1. The molecule has 4 N–H and O–H groups in total. The van der Waals surface area contributed by atoms with E-state index < -0.39 is 17.8 Å². The Morgan fingerprint density at radius 2 is 1.38 bits per heavy atom. The minimum Gasteiger partial charge on any atom is -0.339 e. The molecule has 42 heavy (non-hydrogen) atoms. The van der Waals surface area contributed by atoms with Crippen molar-refractivity contribution in [3.05, 3.63) is 70.3 Å². The summed E-state index contributed by atoms with van der Waals surface area (Å²) in [6.07, 6.45) is 8.29. The van der Waals surface area contributed by atoms with Crippen LogP contribution in [0, 0.1) is 31.4 Å². The summed E-state index contributed by atoms with van der Waals surface area (Å²) in [5.74, 6) is -0.580. The van der Waals surface area contributed by atoms with Crippen LogP contribution < -0.4 is 16.4 Å². The lowest BCUT2D eigenvalue weighted by atomic mass is 9.97. The molecule has 0 fully saturated rings. The van der Waals surface area contributed by atoms with Crippen LogP contribution in [0.15, 0.2) is 36.4 Å². The third kappa shape index (κ3) is 14.9. The first-order valence-corrected chi connectivity index (χ1v) is 15.6. The number of benzene rings is 2. The van der Waals surface area contributed by atoms with E-state index in [4.69, 9.17) is 5.73 Å². The molecule has 2 atom stereocenters. The maximum atomic E-state index is 13.0. The molecule has 2 aromatic rings. The van der Waals surface area contributed by atoms with E-state index in [0.29, 0.717) is 29.0 Å². The number of rotatable bonds is 17. The molecule has 0 aliphatic carbocycles. The highest BCUT2D eigenvalue weighted by Crippen LogP contribution is 2.15. The van der Waals surface area contributed by atoms with E-state index in [9.17, 15) is 18.4 Å². The summed E-state index contributed by atoms with van der Waals surface area (Å²) >= 11 is 0. The molecule has 2 aromatic carbocycles. The summed E-state index contributed by atoms with van der Waals surface area (Å²) in [5.41, 5.74) is 8.72. The molecule has 0 aliphatic heterocycles. The zero-order valence-corrected chi connectivity index (χ0v) is 26.7. The Bertz CT molecular complexity index is 1020. The average Bonchev–Trinajstić information content (AvgIpc) is 2.92. The van der Waals surface area contributed by atoms with Crippen molar-refractivity contribution in [3.63, 3.8) is 0 Å². The van der Waals surface area contributed by atoms with Gasteiger partial charge in [0, 0.05) is 30.3 Å². The number of nitrogens with one attached hydrogen (secondary N) is 2. The fourth-order valence-electron chi connectivity index (χ4n) is 4.90. The van der Waals surface area contributed by atoms with Crippen LogP contribution in [-0.4, -0.2) is 49.1 Å². The SMILES string of the molecule is CCCCC(CCC)CNCC[C@@H](N)NC(=O)c1cc(C)cc(C(=O)N(CCC)CCC)c1.Cc1cc(F)cc(F)c1. The fraction of sp³-hybridized carbons (Fsp3) is 0.588. The summed E-state index contributed by atoms with van der Waals surface area (Å²) in [5, 5.41) is 6.40. The molecular weight excluding hydrogens is 534 g/mol. The van der Waals surface area contributed by atoms with Crippen molar-refractivity contribution in [2.45, 2.75) is 99.1 Å². The van der Waals surface area contributed by atoms with Crippen LogP contribution in [-0.2, 0) is 0 Å². The zero-order chi connectivity index (χ0) is 31.5. The van der Waals surface area contributed by atoms with E-state index >= 15 is 0 Å². The van der Waals surface area contributed by atoms with Crippen LogP contribution in [0.25, 0.3) is 0 Å². The predicted molar refractivity (Wildman–Crippen MR) is 170 cm³/mol. The molecule has 6 nitrogen and oxygen atoms in total. The molecule has 236 valence electrons. The van der Waals surface area contributed by atoms with Gasteiger partial charge in [-0.2, -0.15) is 0 Å². The Morgan fingerprint density at radius 3 is 1.93 bits per heavy atom. The summed E-state index contributed by atoms with van der Waals surface area (Å²) in [4.78, 5) is 27.6. The van der Waals surface area contributed by atoms with E-state index in [0.717, 1.165) is 50.7 Å². The Balaban J connectivity index is 0.000000827. The molecule has 0 heterocycles. The molecule has 0 bridgehead atoms. The van der Waals surface area contributed by atoms with Gasteiger partial charge in [0.05, 0.1) is 6.17 Å². The van der Waals surface area contributed by atoms with Crippen molar-refractivity contribution in [2.24, 2.45) is 11.7 Å². The maximum Gasteiger partial charge on any atom is 0.253 e. The molecule has 0 saturated carbocycles. The van der Waals surface area contributed by atoms with E-state index in [1.807, 2.05) is 24.0 Å². The number of nitrogens with two attached hydrogens (primary N) is 1. The molecule has 2 rings (SSSR count). The van der Waals surface area contributed by atoms with Crippen molar-refractivity contribution >= 4 is 11.8 Å². The van der Waals surface area contributed by atoms with Crippen LogP contribution in [0.3, 0.4) is 0 Å². The minimum atomic E-state index is -0.521. The molecule has 0 saturated heterocycles. The number of halogens is 2. The van der Waals surface area contributed by atoms with E-state index in [-0.39, 0.29) is 11.8 Å². The van der Waals surface area contributed by atoms with Gasteiger partial charge in [-0.15, -0.1) is 0 Å². The Hall–Kier alpha value is -2.84. The van der Waals surface area contributed by atoms with Crippen molar-refractivity contribution in [2.75, 3.05) is 26.2 Å². The lowest BCUT2D eigenvalue weighted by Crippen LogP contribution is -2.43. The smallest absolute Gasteiger partial charge is 0.253 e. The number of hydrogen-bond acceptors (Lipinski definition) is 4. The van der Waals surface area contributed by atoms with Gasteiger partial charge in [0.1, 0.15) is 11.6 Å². The monoisotopic (exact) mass is 588 g/mol. The van der Waals surface area contributed by atoms with Gasteiger partial charge in [-0.05, 0) is 106 Å². The van der Waals surface area contributed by atoms with Crippen molar-refractivity contribution < 1.29 is 18.4 Å². The van der Waals surface area contributed by atoms with Gasteiger partial charge in [-0.25, -0.2) is 8.78 Å². The second-order valence-electron chi connectivity index (χ2n) is 11.2. The predicted octanol–water partition coefficient (Wildman–Crippen LogP) is 7.13. The second-order valence-corrected chi connectivity index (χ2v) is 11.2. The lowest BCUT2D eigenvalue weighted by molar-refractivity contribution is 0.0755. The Labute approximate surface area is 252 Å². The second kappa shape index (κ2) is 20.9. The van der Waals surface area contributed by atoms with Crippen molar-refractivity contribution in [3.8, 4) is 0 Å². The van der Waals surface area contributed by atoms with E-state index in [2.05, 4.69) is 38.3 Å². The number of carbonyl (C=O) groups excluding carboxylic acids is 2. The van der Waals surface area contributed by atoms with Crippen LogP contribution in [0.1, 0.15) is 111 Å². The lowest BCUT2D eigenvalue weighted by Gasteiger charge is -2.22. The number of amides is 2. The van der Waals surface area contributed by atoms with Gasteiger partial charge < -0.3 is 21.3 Å². The molecule has 0 radical (unpaired) electrons. The molecule has 1 unspecified atom stereocenters. The van der Waals surface area contributed by atoms with Crippen molar-refractivity contribution in [1.29, 1.82) is 0 Å². The standard InChI is InChI=1S/C27H48N4O2.C7H6F2/c1-6-10-12-22(11-7-2)20-29-14-13-25(28)30-26(32)23-17-21(5)18-24(19-23)27(33)31(15-8-3)16-9-4;1-5-2-6(8)4-7(9)3-5/h17-19,22,25,29H,6-16,20,28H2,1-5H3,(H,30,32);2-4H,1H3/t22?,25-;/m0./s1. The first kappa shape index (κ1) is 37.2. The highest BCUT2D eigenvalue weighted by Gasteiger charge is 2.18. The third-order valence-electron chi connectivity index (χ3n) is 6.91. The number of unbranched alkanes of at least 4 members (excludes halogenated alkanes) is 1. The summed E-state index contributed by atoms with van der Waals surface area (Å²) in [6, 6.07) is 8.77. The average molecular weight is 589 g/mol. The number of hydrogen-bond donors (Lipinski definition) is 3. The zero-order valence-electron chi connectivity index (χ0n) is 26.7. The Kier molecular flexibility index (Phi) is 18.5. The highest BCUT2D eigenvalue weighted by molar-refractivity contribution is 6.00. The molecular formula is C34H54F2N4O2. The van der Waals surface area contributed by atoms with E-state index in [1.165, 1.54) is 44.2 Å². The van der Waals surface area contributed by atoms with Gasteiger partial charge in [0.2, 0.25) is 0 Å². The Morgan fingerprint density at radius 1 is 0.786 bits per heavy atom. The molecule has 2 amide bonds. The summed E-state index contributed by atoms with van der Waals surface area (Å²) in [6.45, 7) is 15.4. The first-order valence-electron chi connectivity index (χ1n) is 15.6. The quantitative estimate of drug-likeness (QED) is 0.136. The molecule has 0 spiro atoms. The maximum absolute atomic E-state index is 13.0.